The van der Waals surface area contributed by atoms with E-state index in [1.807, 2.05) is 6.08 Å². The van der Waals surface area contributed by atoms with Gasteiger partial charge in [0.2, 0.25) is 0 Å². The van der Waals surface area contributed by atoms with Gasteiger partial charge in [-0.15, -0.1) is 0 Å². The van der Waals surface area contributed by atoms with Crippen LogP contribution < -0.4 is 0 Å². The minimum absolute atomic E-state index is 0.160. The van der Waals surface area contributed by atoms with Crippen molar-refractivity contribution in [1.82, 2.24) is 0 Å². The van der Waals surface area contributed by atoms with Gasteiger partial charge in [-0.25, -0.2) is 0 Å². The lowest BCUT2D eigenvalue weighted by Gasteiger charge is -2.39. The molecule has 0 aromatic heterocycles. The highest BCUT2D eigenvalue weighted by Crippen LogP contribution is 2.22. The highest BCUT2D eigenvalue weighted by molar-refractivity contribution is 5.70. The van der Waals surface area contributed by atoms with E-state index in [1.165, 1.54) is 122 Å². The molecule has 10 heteroatoms. The second-order valence-corrected chi connectivity index (χ2v) is 15.8. The van der Waals surface area contributed by atoms with Crippen molar-refractivity contribution in [3.05, 3.63) is 36.5 Å². The average Bonchev–Trinajstić information content (AvgIpc) is 3.21. The van der Waals surface area contributed by atoms with Crippen LogP contribution in [0.3, 0.4) is 0 Å². The normalized spacial score (nSPS) is 20.6. The third-order valence-corrected chi connectivity index (χ3v) is 10.5. The first kappa shape index (κ1) is 52.9. The van der Waals surface area contributed by atoms with Gasteiger partial charge in [-0.3, -0.25) is 9.59 Å². The lowest BCUT2D eigenvalue weighted by Crippen LogP contribution is -2.59. The molecule has 332 valence electrons. The maximum atomic E-state index is 12.7. The molecule has 0 aromatic carbocycles. The molecule has 0 spiro atoms. The highest BCUT2D eigenvalue weighted by Gasteiger charge is 2.44. The van der Waals surface area contributed by atoms with Gasteiger partial charge in [-0.1, -0.05) is 166 Å². The average molecular weight is 809 g/mol. The van der Waals surface area contributed by atoms with Crippen molar-refractivity contribution in [2.75, 3.05) is 19.8 Å². The summed E-state index contributed by atoms with van der Waals surface area (Å²) in [6, 6.07) is 0. The Labute approximate surface area is 346 Å². The first-order chi connectivity index (χ1) is 27.8. The summed E-state index contributed by atoms with van der Waals surface area (Å²) in [4.78, 5) is 25.3. The summed E-state index contributed by atoms with van der Waals surface area (Å²) in [5.74, 6) is -0.913. The van der Waals surface area contributed by atoms with Crippen LogP contribution in [0.2, 0.25) is 0 Å². The fourth-order valence-electron chi connectivity index (χ4n) is 6.83. The molecule has 6 atom stereocenters. The smallest absolute Gasteiger partial charge is 0.306 e. The minimum atomic E-state index is -1.61. The molecule has 0 aliphatic carbocycles. The zero-order valence-corrected chi connectivity index (χ0v) is 36.1. The van der Waals surface area contributed by atoms with Crippen molar-refractivity contribution in [2.24, 2.45) is 0 Å². The molecule has 1 heterocycles. The summed E-state index contributed by atoms with van der Waals surface area (Å²) in [7, 11) is 0. The Morgan fingerprint density at radius 1 is 0.544 bits per heavy atom. The summed E-state index contributed by atoms with van der Waals surface area (Å²) >= 11 is 0. The predicted molar refractivity (Wildman–Crippen MR) is 229 cm³/mol. The maximum Gasteiger partial charge on any atom is 0.306 e. The summed E-state index contributed by atoms with van der Waals surface area (Å²) in [6.45, 7) is 3.35. The van der Waals surface area contributed by atoms with E-state index in [0.29, 0.717) is 12.8 Å². The van der Waals surface area contributed by atoms with E-state index in [-0.39, 0.29) is 26.1 Å². The van der Waals surface area contributed by atoms with E-state index in [1.54, 1.807) is 0 Å². The number of carbonyl (C=O) groups is 2. The zero-order valence-electron chi connectivity index (χ0n) is 36.1. The fourth-order valence-corrected chi connectivity index (χ4v) is 6.83. The predicted octanol–water partition coefficient (Wildman–Crippen LogP) is 9.89. The molecule has 1 fully saturated rings. The Kier molecular flexibility index (Phi) is 35.4. The number of esters is 2. The summed E-state index contributed by atoms with van der Waals surface area (Å²) < 4.78 is 22.1. The van der Waals surface area contributed by atoms with Crippen molar-refractivity contribution < 1.29 is 49.0 Å². The fraction of sp³-hybridized carbons (Fsp3) is 0.830. The quantitative estimate of drug-likeness (QED) is 0.0270. The summed E-state index contributed by atoms with van der Waals surface area (Å²) in [5.41, 5.74) is 0. The molecule has 0 bridgehead atoms. The van der Waals surface area contributed by atoms with Crippen molar-refractivity contribution in [3.8, 4) is 0 Å². The van der Waals surface area contributed by atoms with Crippen LogP contribution in [0.1, 0.15) is 194 Å². The molecule has 0 saturated carbocycles. The number of carbonyl (C=O) groups excluding carboxylic acids is 2. The highest BCUT2D eigenvalue weighted by atomic mass is 16.7. The number of rotatable bonds is 38. The van der Waals surface area contributed by atoms with E-state index < -0.39 is 55.4 Å². The number of aliphatic hydroxyl groups excluding tert-OH is 4. The Morgan fingerprint density at radius 3 is 1.54 bits per heavy atom. The van der Waals surface area contributed by atoms with Gasteiger partial charge in [0.15, 0.2) is 12.4 Å². The van der Waals surface area contributed by atoms with Crippen molar-refractivity contribution in [1.29, 1.82) is 0 Å². The number of hydrogen-bond donors (Lipinski definition) is 4. The van der Waals surface area contributed by atoms with Gasteiger partial charge in [-0.05, 0) is 51.4 Å². The number of unbranched alkanes of at least 4 members (excludes halogenated alkanes) is 21. The summed E-state index contributed by atoms with van der Waals surface area (Å²) in [6.07, 6.45) is 36.0. The van der Waals surface area contributed by atoms with Crippen molar-refractivity contribution in [2.45, 2.75) is 230 Å². The lowest BCUT2D eigenvalue weighted by atomic mass is 9.99. The standard InChI is InChI=1S/C47H84O10/c1-3-5-7-9-11-13-15-17-19-20-22-24-26-28-30-32-34-36-43(50)56-40(39-55-47-46(53)45(52)44(51)41(37-48)57-47)38-54-42(49)35-33-31-29-27-25-23-21-18-16-14-12-10-8-6-4-2/h22,24,28-31,40-41,44-48,51-53H,3-21,23,25-27,32-39H2,1-2H3/b24-22+,30-28+,31-29+/t40-,41-,44+,45?,46?,47-/m1/s1. The molecule has 0 amide bonds. The van der Waals surface area contributed by atoms with E-state index in [2.05, 4.69) is 44.2 Å². The third-order valence-electron chi connectivity index (χ3n) is 10.5. The number of aliphatic hydroxyl groups is 4. The van der Waals surface area contributed by atoms with Gasteiger partial charge in [0.1, 0.15) is 31.0 Å². The van der Waals surface area contributed by atoms with Gasteiger partial charge in [0.25, 0.3) is 0 Å². The van der Waals surface area contributed by atoms with Gasteiger partial charge < -0.3 is 39.4 Å². The van der Waals surface area contributed by atoms with E-state index in [9.17, 15) is 30.0 Å². The van der Waals surface area contributed by atoms with Crippen LogP contribution in [0, 0.1) is 0 Å². The van der Waals surface area contributed by atoms with Crippen LogP contribution in [0.4, 0.5) is 0 Å². The van der Waals surface area contributed by atoms with Crippen LogP contribution in [0.5, 0.6) is 0 Å². The largest absolute Gasteiger partial charge is 0.462 e. The third kappa shape index (κ3) is 29.7. The maximum absolute atomic E-state index is 12.7. The molecule has 10 nitrogen and oxygen atoms in total. The van der Waals surface area contributed by atoms with Crippen LogP contribution in [0.15, 0.2) is 36.5 Å². The molecular formula is C47H84O10. The number of hydrogen-bond acceptors (Lipinski definition) is 10. The Balaban J connectivity index is 2.37. The molecule has 57 heavy (non-hydrogen) atoms. The van der Waals surface area contributed by atoms with Gasteiger partial charge in [0, 0.05) is 12.8 Å². The molecule has 1 aliphatic heterocycles. The molecule has 2 unspecified atom stereocenters. The number of allylic oxidation sites excluding steroid dienone is 6. The Bertz CT molecular complexity index is 1030. The van der Waals surface area contributed by atoms with E-state index >= 15 is 0 Å². The first-order valence-corrected chi connectivity index (χ1v) is 23.1. The van der Waals surface area contributed by atoms with Crippen LogP contribution in [-0.4, -0.2) is 89.0 Å². The zero-order chi connectivity index (χ0) is 41.6. The van der Waals surface area contributed by atoms with Gasteiger partial charge in [-0.2, -0.15) is 0 Å². The van der Waals surface area contributed by atoms with E-state index in [4.69, 9.17) is 18.9 Å². The molecular weight excluding hydrogens is 725 g/mol. The van der Waals surface area contributed by atoms with Gasteiger partial charge in [0.05, 0.1) is 13.2 Å². The first-order valence-electron chi connectivity index (χ1n) is 23.1. The van der Waals surface area contributed by atoms with E-state index in [0.717, 1.165) is 32.1 Å². The number of ether oxygens (including phenoxy) is 4. The van der Waals surface area contributed by atoms with Crippen molar-refractivity contribution in [3.63, 3.8) is 0 Å². The topological polar surface area (TPSA) is 152 Å². The minimum Gasteiger partial charge on any atom is -0.462 e. The van der Waals surface area contributed by atoms with Crippen molar-refractivity contribution >= 4 is 11.9 Å². The molecule has 1 aliphatic rings. The Morgan fingerprint density at radius 2 is 1.02 bits per heavy atom. The monoisotopic (exact) mass is 809 g/mol. The van der Waals surface area contributed by atoms with Crippen LogP contribution in [0.25, 0.3) is 0 Å². The van der Waals surface area contributed by atoms with Crippen LogP contribution >= 0.6 is 0 Å². The SMILES string of the molecule is CCCCCCCCCCC/C=C/C/C=C/CCCC(=O)O[C@H](COC(=O)CC/C=C/CCCCCCCCCCCCC)CO[C@@H]1O[C@H](CO)[C@H](O)C(O)C1O. The summed E-state index contributed by atoms with van der Waals surface area (Å²) in [5, 5.41) is 40.1. The lowest BCUT2D eigenvalue weighted by molar-refractivity contribution is -0.305. The molecule has 0 radical (unpaired) electrons. The van der Waals surface area contributed by atoms with Gasteiger partial charge >= 0.3 is 11.9 Å². The molecule has 0 aromatic rings. The molecule has 4 N–H and O–H groups in total. The second kappa shape index (κ2) is 38.1. The molecule has 1 rings (SSSR count). The van der Waals surface area contributed by atoms with Crippen LogP contribution in [-0.2, 0) is 28.5 Å². The second-order valence-electron chi connectivity index (χ2n) is 15.8. The molecule has 1 saturated heterocycles. The Hall–Kier alpha value is -2.08.